The molecule has 0 saturated heterocycles. The molecule has 0 unspecified atom stereocenters. The Bertz CT molecular complexity index is 1400. The molecule has 0 aliphatic carbocycles. The van der Waals surface area contributed by atoms with Crippen LogP contribution < -0.4 is 15.2 Å². The van der Waals surface area contributed by atoms with Gasteiger partial charge in [-0.15, -0.1) is 0 Å². The van der Waals surface area contributed by atoms with Crippen molar-refractivity contribution >= 4 is 22.5 Å². The fourth-order valence-corrected chi connectivity index (χ4v) is 4.05. The zero-order chi connectivity index (χ0) is 24.5. The number of amides is 1. The zero-order valence-electron chi connectivity index (χ0n) is 20.3. The van der Waals surface area contributed by atoms with Crippen molar-refractivity contribution in [2.45, 2.75) is 39.7 Å². The number of rotatable bonds is 5. The standard InChI is InChI=1S/C29H30N2O3/c1-19-10-15-24-21(16-19)17-22(27(32)30-24)18-31(25-8-6-7-9-26(25)34-5)28(33)20-11-13-23(14-12-20)29(2,3)4/h6-17H,18H2,1-5H3,(H,30,32). The molecule has 0 aliphatic rings. The van der Waals surface area contributed by atoms with E-state index >= 15 is 0 Å². The summed E-state index contributed by atoms with van der Waals surface area (Å²) in [5, 5.41) is 0.927. The summed E-state index contributed by atoms with van der Waals surface area (Å²) in [5.74, 6) is 0.365. The normalized spacial score (nSPS) is 11.4. The van der Waals surface area contributed by atoms with Crippen molar-refractivity contribution < 1.29 is 9.53 Å². The van der Waals surface area contributed by atoms with Gasteiger partial charge in [0, 0.05) is 16.6 Å². The van der Waals surface area contributed by atoms with Gasteiger partial charge >= 0.3 is 0 Å². The third kappa shape index (κ3) is 4.74. The second-order valence-corrected chi connectivity index (χ2v) is 9.60. The Labute approximate surface area is 200 Å². The second-order valence-electron chi connectivity index (χ2n) is 9.60. The molecule has 0 spiro atoms. The van der Waals surface area contributed by atoms with Crippen LogP contribution in [0.3, 0.4) is 0 Å². The first-order valence-corrected chi connectivity index (χ1v) is 11.4. The van der Waals surface area contributed by atoms with Crippen LogP contribution in [0, 0.1) is 6.92 Å². The number of hydrogen-bond acceptors (Lipinski definition) is 3. The number of ether oxygens (including phenoxy) is 1. The minimum absolute atomic E-state index is 0.0135. The lowest BCUT2D eigenvalue weighted by Crippen LogP contribution is -2.33. The molecule has 0 atom stereocenters. The Morgan fingerprint density at radius 3 is 2.35 bits per heavy atom. The number of nitrogens with one attached hydrogen (secondary N) is 1. The third-order valence-corrected chi connectivity index (χ3v) is 6.02. The van der Waals surface area contributed by atoms with E-state index in [4.69, 9.17) is 4.74 Å². The van der Waals surface area contributed by atoms with E-state index in [1.54, 1.807) is 12.0 Å². The molecule has 1 heterocycles. The number of carbonyl (C=O) groups is 1. The molecule has 0 bridgehead atoms. The van der Waals surface area contributed by atoms with Crippen LogP contribution in [0.1, 0.15) is 47.8 Å². The molecule has 5 nitrogen and oxygen atoms in total. The van der Waals surface area contributed by atoms with Crippen LogP contribution in [0.15, 0.2) is 77.6 Å². The molecule has 174 valence electrons. The first kappa shape index (κ1) is 23.3. The smallest absolute Gasteiger partial charge is 0.258 e. The molecule has 34 heavy (non-hydrogen) atoms. The second kappa shape index (κ2) is 9.18. The summed E-state index contributed by atoms with van der Waals surface area (Å²) in [6.07, 6.45) is 0. The quantitative estimate of drug-likeness (QED) is 0.403. The maximum Gasteiger partial charge on any atom is 0.258 e. The molecule has 4 rings (SSSR count). The average molecular weight is 455 g/mol. The number of benzene rings is 3. The van der Waals surface area contributed by atoms with Crippen LogP contribution in [0.4, 0.5) is 5.69 Å². The maximum absolute atomic E-state index is 13.8. The van der Waals surface area contributed by atoms with Crippen molar-refractivity contribution in [3.63, 3.8) is 0 Å². The number of methoxy groups -OCH3 is 1. The predicted octanol–water partition coefficient (Wildman–Crippen LogP) is 5.99. The number of fused-ring (bicyclic) bond motifs is 1. The summed E-state index contributed by atoms with van der Waals surface area (Å²) in [6, 6.07) is 22.8. The first-order valence-electron chi connectivity index (χ1n) is 11.4. The molecule has 0 aliphatic heterocycles. The minimum Gasteiger partial charge on any atom is -0.495 e. The number of anilines is 1. The Balaban J connectivity index is 1.79. The van der Waals surface area contributed by atoms with Crippen molar-refractivity contribution in [1.29, 1.82) is 0 Å². The van der Waals surface area contributed by atoms with Crippen molar-refractivity contribution in [3.8, 4) is 5.75 Å². The monoisotopic (exact) mass is 454 g/mol. The summed E-state index contributed by atoms with van der Waals surface area (Å²) in [4.78, 5) is 31.3. The summed E-state index contributed by atoms with van der Waals surface area (Å²) >= 11 is 0. The SMILES string of the molecule is COc1ccccc1N(Cc1cc2cc(C)ccc2[nH]c1=O)C(=O)c1ccc(C(C)(C)C)cc1. The van der Waals surface area contributed by atoms with Crippen LogP contribution in [-0.2, 0) is 12.0 Å². The Morgan fingerprint density at radius 1 is 0.971 bits per heavy atom. The van der Waals surface area contributed by atoms with Gasteiger partial charge in [0.2, 0.25) is 0 Å². The van der Waals surface area contributed by atoms with Gasteiger partial charge < -0.3 is 14.6 Å². The highest BCUT2D eigenvalue weighted by atomic mass is 16.5. The zero-order valence-corrected chi connectivity index (χ0v) is 20.3. The van der Waals surface area contributed by atoms with Gasteiger partial charge in [0.15, 0.2) is 0 Å². The molecule has 0 saturated carbocycles. The van der Waals surface area contributed by atoms with E-state index < -0.39 is 0 Å². The van der Waals surface area contributed by atoms with E-state index in [9.17, 15) is 9.59 Å². The number of H-pyrrole nitrogens is 1. The minimum atomic E-state index is -0.216. The van der Waals surface area contributed by atoms with E-state index in [2.05, 4.69) is 25.8 Å². The molecule has 1 aromatic heterocycles. The van der Waals surface area contributed by atoms with E-state index in [0.717, 1.165) is 22.0 Å². The number of aromatic nitrogens is 1. The van der Waals surface area contributed by atoms with Gasteiger partial charge in [-0.1, -0.05) is 56.7 Å². The van der Waals surface area contributed by atoms with Gasteiger partial charge in [0.25, 0.3) is 11.5 Å². The highest BCUT2D eigenvalue weighted by Gasteiger charge is 2.23. The number of carbonyl (C=O) groups excluding carboxylic acids is 1. The van der Waals surface area contributed by atoms with Gasteiger partial charge in [-0.25, -0.2) is 0 Å². The van der Waals surface area contributed by atoms with Gasteiger partial charge in [0.05, 0.1) is 19.3 Å². The largest absolute Gasteiger partial charge is 0.495 e. The maximum atomic E-state index is 13.8. The summed E-state index contributed by atoms with van der Waals surface area (Å²) in [7, 11) is 1.57. The van der Waals surface area contributed by atoms with Crippen molar-refractivity contribution in [2.24, 2.45) is 0 Å². The summed E-state index contributed by atoms with van der Waals surface area (Å²) in [6.45, 7) is 8.53. The van der Waals surface area contributed by atoms with Gasteiger partial charge in [0.1, 0.15) is 5.75 Å². The molecule has 0 radical (unpaired) electrons. The van der Waals surface area contributed by atoms with Crippen LogP contribution in [0.2, 0.25) is 0 Å². The van der Waals surface area contributed by atoms with Crippen molar-refractivity contribution in [2.75, 3.05) is 12.0 Å². The third-order valence-electron chi connectivity index (χ3n) is 6.02. The molecular formula is C29H30N2O3. The van der Waals surface area contributed by atoms with Gasteiger partial charge in [-0.05, 0) is 65.8 Å². The lowest BCUT2D eigenvalue weighted by Gasteiger charge is -2.25. The lowest BCUT2D eigenvalue weighted by molar-refractivity contribution is 0.0984. The Hall–Kier alpha value is -3.86. The molecule has 3 aromatic carbocycles. The number of hydrogen-bond donors (Lipinski definition) is 1. The Morgan fingerprint density at radius 2 is 1.68 bits per heavy atom. The van der Waals surface area contributed by atoms with Crippen LogP contribution in [0.25, 0.3) is 10.9 Å². The number of pyridine rings is 1. The molecular weight excluding hydrogens is 424 g/mol. The number of aromatic amines is 1. The first-order chi connectivity index (χ1) is 16.2. The fourth-order valence-electron chi connectivity index (χ4n) is 4.05. The van der Waals surface area contributed by atoms with Crippen LogP contribution in [-0.4, -0.2) is 18.0 Å². The van der Waals surface area contributed by atoms with Crippen LogP contribution in [0.5, 0.6) is 5.75 Å². The molecule has 5 heteroatoms. The van der Waals surface area contributed by atoms with Crippen molar-refractivity contribution in [1.82, 2.24) is 4.98 Å². The average Bonchev–Trinajstić information content (AvgIpc) is 2.82. The molecule has 1 N–H and O–H groups in total. The topological polar surface area (TPSA) is 62.4 Å². The highest BCUT2D eigenvalue weighted by molar-refractivity contribution is 6.06. The van der Waals surface area contributed by atoms with Gasteiger partial charge in [-0.2, -0.15) is 0 Å². The Kier molecular flexibility index (Phi) is 6.29. The highest BCUT2D eigenvalue weighted by Crippen LogP contribution is 2.31. The van der Waals surface area contributed by atoms with Gasteiger partial charge in [-0.3, -0.25) is 9.59 Å². The fraction of sp³-hybridized carbons (Fsp3) is 0.241. The van der Waals surface area contributed by atoms with E-state index in [1.165, 1.54) is 0 Å². The molecule has 4 aromatic rings. The number of nitrogens with zero attached hydrogens (tertiary/aromatic N) is 1. The van der Waals surface area contributed by atoms with Crippen LogP contribution >= 0.6 is 0 Å². The van der Waals surface area contributed by atoms with E-state index in [-0.39, 0.29) is 23.4 Å². The lowest BCUT2D eigenvalue weighted by atomic mass is 9.86. The summed E-state index contributed by atoms with van der Waals surface area (Å²) < 4.78 is 5.55. The molecule has 0 fully saturated rings. The number of aryl methyl sites for hydroxylation is 1. The predicted molar refractivity (Wildman–Crippen MR) is 138 cm³/mol. The van der Waals surface area contributed by atoms with E-state index in [1.807, 2.05) is 79.7 Å². The molecule has 1 amide bonds. The van der Waals surface area contributed by atoms with Crippen molar-refractivity contribution in [3.05, 3.63) is 105 Å². The summed E-state index contributed by atoms with van der Waals surface area (Å²) in [5.41, 5.74) is 4.45. The number of para-hydroxylation sites is 2. The van der Waals surface area contributed by atoms with E-state index in [0.29, 0.717) is 22.6 Å².